The van der Waals surface area contributed by atoms with Gasteiger partial charge in [0.1, 0.15) is 25.9 Å². The van der Waals surface area contributed by atoms with Crippen LogP contribution in [0.15, 0.2) is 79.3 Å². The van der Waals surface area contributed by atoms with Crippen molar-refractivity contribution >= 4 is 44.2 Å². The Morgan fingerprint density at radius 1 is 0.596 bits per heavy atom. The molecule has 3 aromatic rings. The van der Waals surface area contributed by atoms with Gasteiger partial charge in [-0.2, -0.15) is 0 Å². The van der Waals surface area contributed by atoms with E-state index in [9.17, 15) is 0 Å². The highest BCUT2D eigenvalue weighted by molar-refractivity contribution is 7.11. The molecule has 4 radical (unpaired) electrons. The molecule has 5 fully saturated rings. The van der Waals surface area contributed by atoms with E-state index in [0.29, 0.717) is 6.79 Å². The van der Waals surface area contributed by atoms with Crippen molar-refractivity contribution in [2.75, 3.05) is 6.79 Å². The van der Waals surface area contributed by atoms with Gasteiger partial charge >= 0.3 is 30.0 Å². The zero-order valence-corrected chi connectivity index (χ0v) is 36.3. The average Bonchev–Trinajstić information content (AvgIpc) is 3.93. The molecular formula is C42H66B6N2O7+2. The van der Waals surface area contributed by atoms with E-state index >= 15 is 0 Å². The Kier molecular flexibility index (Phi) is 17.8. The number of aryl methyl sites for hydroxylation is 1. The smallest absolute Gasteiger partial charge is 0.454 e. The molecule has 0 aliphatic carbocycles. The number of benzene rings is 1. The zero-order chi connectivity index (χ0) is 41.7. The monoisotopic (exact) mass is 777 g/mol. The van der Waals surface area contributed by atoms with Crippen LogP contribution in [0.3, 0.4) is 0 Å². The number of nitrogens with zero attached hydrogens (tertiary/aromatic N) is 2. The summed E-state index contributed by atoms with van der Waals surface area (Å²) in [4.78, 5) is 0. The minimum absolute atomic E-state index is 0.0463. The van der Waals surface area contributed by atoms with Crippen LogP contribution in [-0.2, 0) is 18.6 Å². The lowest BCUT2D eigenvalue weighted by Gasteiger charge is -2.32. The lowest BCUT2D eigenvalue weighted by Crippen LogP contribution is -2.41. The molecule has 9 rings (SSSR count). The second-order valence-corrected chi connectivity index (χ2v) is 17.9. The number of pyridine rings is 2. The van der Waals surface area contributed by atoms with Crippen LogP contribution in [0.4, 0.5) is 0 Å². The first-order chi connectivity index (χ1) is 26.9. The lowest BCUT2D eigenvalue weighted by atomic mass is 9.44. The highest BCUT2D eigenvalue weighted by atomic mass is 16.7. The van der Waals surface area contributed by atoms with Gasteiger partial charge in [0.2, 0.25) is 6.79 Å². The van der Waals surface area contributed by atoms with Gasteiger partial charge in [0.05, 0.1) is 22.4 Å². The number of aromatic nitrogens is 2. The minimum Gasteiger partial charge on any atom is -0.454 e. The molecule has 5 saturated heterocycles. The van der Waals surface area contributed by atoms with Gasteiger partial charge in [-0.05, 0) is 98.4 Å². The summed E-state index contributed by atoms with van der Waals surface area (Å²) in [6.07, 6.45) is 19.2. The molecule has 0 amide bonds. The summed E-state index contributed by atoms with van der Waals surface area (Å²) in [5.74, 6) is 3.99. The Morgan fingerprint density at radius 3 is 1.30 bits per heavy atom. The van der Waals surface area contributed by atoms with E-state index in [0.717, 1.165) is 41.5 Å². The van der Waals surface area contributed by atoms with Crippen LogP contribution in [0.25, 0.3) is 0 Å². The maximum absolute atomic E-state index is 8.73. The summed E-state index contributed by atoms with van der Waals surface area (Å²) in [5.41, 5.74) is -0.377. The van der Waals surface area contributed by atoms with Gasteiger partial charge in [0.25, 0.3) is 6.92 Å². The number of fused-ring (bicyclic) bond motifs is 3. The Labute approximate surface area is 348 Å². The summed E-state index contributed by atoms with van der Waals surface area (Å²) in [5, 5.41) is 8.73. The molecule has 8 heterocycles. The first-order valence-electron chi connectivity index (χ1n) is 21.1. The van der Waals surface area contributed by atoms with E-state index in [1.54, 1.807) is 49.8 Å². The highest BCUT2D eigenvalue weighted by Crippen LogP contribution is 2.43. The molecule has 0 unspecified atom stereocenters. The molecule has 6 aliphatic heterocycles. The fourth-order valence-electron chi connectivity index (χ4n) is 7.32. The summed E-state index contributed by atoms with van der Waals surface area (Å²) in [6, 6.07) is 19.1. The normalized spacial score (nSPS) is 23.6. The van der Waals surface area contributed by atoms with E-state index < -0.39 is 14.0 Å². The maximum Gasteiger partial charge on any atom is 0.586 e. The van der Waals surface area contributed by atoms with Crippen LogP contribution in [0.5, 0.6) is 11.5 Å². The maximum atomic E-state index is 8.73. The Hall–Kier alpha value is -2.69. The van der Waals surface area contributed by atoms with E-state index in [4.69, 9.17) is 49.1 Å². The van der Waals surface area contributed by atoms with Crippen LogP contribution in [0, 0.1) is 6.92 Å². The van der Waals surface area contributed by atoms with Crippen molar-refractivity contribution in [1.29, 1.82) is 0 Å². The van der Waals surface area contributed by atoms with Crippen molar-refractivity contribution in [3.8, 4) is 11.5 Å². The topological polar surface area (TPSA) is 83.4 Å². The Bertz CT molecular complexity index is 1500. The van der Waals surface area contributed by atoms with Crippen molar-refractivity contribution in [3.05, 3.63) is 84.9 Å². The molecule has 0 atom stereocenters. The quantitative estimate of drug-likeness (QED) is 0.269. The van der Waals surface area contributed by atoms with Gasteiger partial charge in [-0.15, -0.1) is 0 Å². The predicted molar refractivity (Wildman–Crippen MR) is 234 cm³/mol. The van der Waals surface area contributed by atoms with Crippen molar-refractivity contribution in [3.63, 3.8) is 0 Å². The fraction of sp³-hybridized carbons (Fsp3) is 0.619. The van der Waals surface area contributed by atoms with Crippen molar-refractivity contribution in [1.82, 2.24) is 0 Å². The van der Waals surface area contributed by atoms with Gasteiger partial charge in [-0.1, -0.05) is 87.3 Å². The zero-order valence-electron chi connectivity index (χ0n) is 36.3. The van der Waals surface area contributed by atoms with Gasteiger partial charge in [0, 0.05) is 13.0 Å². The van der Waals surface area contributed by atoms with Gasteiger partial charge in [0.15, 0.2) is 17.2 Å². The average molecular weight is 776 g/mol. The van der Waals surface area contributed by atoms with Crippen molar-refractivity contribution in [2.45, 2.75) is 160 Å². The van der Waals surface area contributed by atoms with E-state index in [1.807, 2.05) is 129 Å². The van der Waals surface area contributed by atoms with Gasteiger partial charge in [-0.3, -0.25) is 8.96 Å². The molecule has 2 bridgehead atoms. The molecule has 1 aromatic carbocycles. The molecule has 302 valence electrons. The number of hydrogen-bond acceptors (Lipinski definition) is 7. The largest absolute Gasteiger partial charge is 0.586 e. The number of para-hydroxylation sites is 2. The molecule has 0 spiro atoms. The Morgan fingerprint density at radius 2 is 1.00 bits per heavy atom. The predicted octanol–water partition coefficient (Wildman–Crippen LogP) is 6.92. The number of ether oxygens (including phenoxy) is 2. The lowest BCUT2D eigenvalue weighted by molar-refractivity contribution is -0.529. The molecular weight excluding hydrogens is 709 g/mol. The van der Waals surface area contributed by atoms with Gasteiger partial charge < -0.3 is 33.1 Å². The van der Waals surface area contributed by atoms with Crippen molar-refractivity contribution in [2.24, 2.45) is 0 Å². The minimum atomic E-state index is -0.476. The SMILES string of the molecule is B1C2CCCC1CCC2.CC1(C)OB(B2OC(C)(C)C(C)(C)O2)OC1(C)C.OB1CCCC1.[B][n+]1ccccc1.[B][n+]1ccccc1C.c1ccc2c(c1)OCO2. The second kappa shape index (κ2) is 21.5. The number of hydrogen-bond donors (Lipinski definition) is 1. The first kappa shape index (κ1) is 47.0. The summed E-state index contributed by atoms with van der Waals surface area (Å²) < 4.78 is 37.1. The Balaban J connectivity index is 0.000000159. The van der Waals surface area contributed by atoms with Crippen LogP contribution in [0.1, 0.15) is 112 Å². The fourth-order valence-corrected chi connectivity index (χ4v) is 7.32. The molecule has 15 heteroatoms. The molecule has 0 saturated carbocycles. The van der Waals surface area contributed by atoms with E-state index in [2.05, 4.69) is 0 Å². The van der Waals surface area contributed by atoms with Crippen molar-refractivity contribution < 1.29 is 42.1 Å². The molecule has 9 nitrogen and oxygen atoms in total. The standard InChI is InChI=1S/C12H24B2O4.C8H15B.C7H6O2.C6H7BN.C5H5BN.C4H9BO/c1-9(2)10(3,4)16-13(15-9)14-17-11(5,6)12(7,8)18-14;1-3-7-5-2-6-8(4-1)9-7;1-2-4-7-6(3-1)8-5-9-7;1-6-4-2-3-5-8(6)7;6-7-4-2-1-3-5-7;6-5-3-1-2-4-5/h1-8H3;7-9H,1-6H2;1-4H,5H2;2-5H,1H3;1-5H;6H,1-4H2/q;;;2*+1;. The van der Waals surface area contributed by atoms with E-state index in [-0.39, 0.29) is 29.3 Å². The third kappa shape index (κ3) is 14.5. The highest BCUT2D eigenvalue weighted by Gasteiger charge is 2.63. The molecule has 2 aromatic heterocycles. The number of rotatable bonds is 1. The van der Waals surface area contributed by atoms with Crippen LogP contribution >= 0.6 is 0 Å². The first-order valence-corrected chi connectivity index (χ1v) is 21.1. The molecule has 6 aliphatic rings. The third-order valence-corrected chi connectivity index (χ3v) is 12.3. The second-order valence-electron chi connectivity index (χ2n) is 17.9. The molecule has 1 N–H and O–H groups in total. The summed E-state index contributed by atoms with van der Waals surface area (Å²) in [6.45, 7) is 18.6. The molecule has 57 heavy (non-hydrogen) atoms. The van der Waals surface area contributed by atoms with Crippen LogP contribution in [0.2, 0.25) is 24.3 Å². The third-order valence-electron chi connectivity index (χ3n) is 12.3. The summed E-state index contributed by atoms with van der Waals surface area (Å²) in [7, 11) is 11.3. The summed E-state index contributed by atoms with van der Waals surface area (Å²) >= 11 is 0. The van der Waals surface area contributed by atoms with Crippen LogP contribution < -0.4 is 18.4 Å². The van der Waals surface area contributed by atoms with E-state index in [1.165, 1.54) is 30.2 Å². The van der Waals surface area contributed by atoms with Crippen LogP contribution in [-0.4, -0.2) is 78.4 Å². The van der Waals surface area contributed by atoms with Gasteiger partial charge in [-0.25, -0.2) is 0 Å².